The zero-order chi connectivity index (χ0) is 37.6. The molecule has 0 aliphatic heterocycles. The topological polar surface area (TPSA) is 55.2 Å². The molecule has 9 rings (SSSR count). The molecule has 0 saturated heterocycles. The summed E-state index contributed by atoms with van der Waals surface area (Å²) in [4.78, 5) is 0. The van der Waals surface area contributed by atoms with Crippen molar-refractivity contribution in [2.24, 2.45) is 0 Å². The Kier molecular flexibility index (Phi) is 9.71. The van der Waals surface area contributed by atoms with Gasteiger partial charge in [0.25, 0.3) is 0 Å². The smallest absolute Gasteiger partial charge is 0.156 e. The number of aliphatic hydroxyl groups excluding tert-OH is 2. The van der Waals surface area contributed by atoms with Crippen molar-refractivity contribution >= 4 is 110 Å². The van der Waals surface area contributed by atoms with Gasteiger partial charge >= 0.3 is 0 Å². The molecule has 6 aromatic carbocycles. The van der Waals surface area contributed by atoms with Gasteiger partial charge in [-0.2, -0.15) is 0 Å². The predicted octanol–water partition coefficient (Wildman–Crippen LogP) is 6.79. The van der Waals surface area contributed by atoms with Crippen molar-refractivity contribution in [2.75, 3.05) is 0 Å². The third kappa shape index (κ3) is 7.17. The highest BCUT2D eigenvalue weighted by molar-refractivity contribution is 9.10. The summed E-state index contributed by atoms with van der Waals surface area (Å²) < 4.78 is 7.60. The van der Waals surface area contributed by atoms with Gasteiger partial charge in [-0.15, -0.1) is 0 Å². The quantitative estimate of drug-likeness (QED) is 0.134. The first-order valence-corrected chi connectivity index (χ1v) is 19.7. The van der Waals surface area contributed by atoms with Gasteiger partial charge in [0, 0.05) is 66.3 Å². The molecule has 2 N–H and O–H groups in total. The molecular weight excluding hydrogens is 739 g/mol. The first-order chi connectivity index (χ1) is 26.8. The second-order valence-electron chi connectivity index (χ2n) is 14.8. The molecule has 0 aliphatic rings. The van der Waals surface area contributed by atoms with E-state index in [0.717, 1.165) is 66.4 Å². The van der Waals surface area contributed by atoms with Crippen LogP contribution in [-0.4, -0.2) is 59.1 Å². The van der Waals surface area contributed by atoms with Crippen LogP contribution in [-0.2, 0) is 32.4 Å². The van der Waals surface area contributed by atoms with Crippen LogP contribution in [0.1, 0.15) is 17.5 Å². The van der Waals surface area contributed by atoms with E-state index in [4.69, 9.17) is 15.7 Å². The van der Waals surface area contributed by atoms with Crippen molar-refractivity contribution in [3.8, 4) is 0 Å². The largest absolute Gasteiger partial charge is 0.391 e. The Morgan fingerprint density at radius 3 is 1.85 bits per heavy atom. The number of fused-ring (bicyclic) bond motifs is 7. The fourth-order valence-corrected chi connectivity index (χ4v) is 8.62. The Morgan fingerprint density at radius 1 is 0.564 bits per heavy atom. The van der Waals surface area contributed by atoms with Crippen molar-refractivity contribution in [3.63, 3.8) is 0 Å². The SMILES string of the molecule is [B]c1ccc2c(c1)c1cc([B])ccc1n2CC(O)CCc1ccc(C[B]c2ccc3c(c2)c2cc(Br)ccc2n3CC(O)Cn2ccc3ccccc32)cc1. The molecule has 3 heterocycles. The van der Waals surface area contributed by atoms with E-state index in [9.17, 15) is 10.2 Å². The Labute approximate surface area is 332 Å². The van der Waals surface area contributed by atoms with Gasteiger partial charge in [-0.3, -0.25) is 0 Å². The van der Waals surface area contributed by atoms with E-state index in [1.54, 1.807) is 0 Å². The van der Waals surface area contributed by atoms with Crippen LogP contribution >= 0.6 is 15.9 Å². The Morgan fingerprint density at radius 2 is 1.15 bits per heavy atom. The van der Waals surface area contributed by atoms with Gasteiger partial charge in [0.1, 0.15) is 15.7 Å². The second-order valence-corrected chi connectivity index (χ2v) is 15.7. The lowest BCUT2D eigenvalue weighted by molar-refractivity contribution is 0.138. The Balaban J connectivity index is 0.857. The average molecular weight is 777 g/mol. The van der Waals surface area contributed by atoms with E-state index in [-0.39, 0.29) is 0 Å². The third-order valence-electron chi connectivity index (χ3n) is 11.0. The van der Waals surface area contributed by atoms with Crippen LogP contribution in [0.2, 0.25) is 0 Å². The molecule has 0 spiro atoms. The number of rotatable bonds is 12. The van der Waals surface area contributed by atoms with Crippen molar-refractivity contribution in [3.05, 3.63) is 149 Å². The number of benzene rings is 6. The van der Waals surface area contributed by atoms with Crippen LogP contribution in [0.5, 0.6) is 0 Å². The van der Waals surface area contributed by atoms with Gasteiger partial charge in [-0.25, -0.2) is 0 Å². The lowest BCUT2D eigenvalue weighted by atomic mass is 9.65. The molecule has 0 saturated carbocycles. The van der Waals surface area contributed by atoms with Crippen LogP contribution in [0.3, 0.4) is 0 Å². The predicted molar refractivity (Wildman–Crippen MR) is 235 cm³/mol. The van der Waals surface area contributed by atoms with Crippen LogP contribution < -0.4 is 16.4 Å². The molecular formula is C46H38B3BrN3O2. The highest BCUT2D eigenvalue weighted by Crippen LogP contribution is 2.32. The normalized spacial score (nSPS) is 13.1. The molecule has 0 amide bonds. The summed E-state index contributed by atoms with van der Waals surface area (Å²) in [6.45, 7) is 1.50. The van der Waals surface area contributed by atoms with E-state index >= 15 is 0 Å². The van der Waals surface area contributed by atoms with Crippen molar-refractivity contribution < 1.29 is 10.2 Å². The molecule has 2 unspecified atom stereocenters. The van der Waals surface area contributed by atoms with Gasteiger partial charge in [0.05, 0.1) is 25.3 Å². The van der Waals surface area contributed by atoms with Crippen molar-refractivity contribution in [1.82, 2.24) is 13.7 Å². The van der Waals surface area contributed by atoms with E-state index in [1.165, 1.54) is 21.9 Å². The summed E-state index contributed by atoms with van der Waals surface area (Å²) in [6, 6.07) is 44.0. The van der Waals surface area contributed by atoms with E-state index in [0.29, 0.717) is 37.0 Å². The zero-order valence-corrected chi connectivity index (χ0v) is 32.0. The number of hydrogen-bond acceptors (Lipinski definition) is 2. The number of nitrogens with zero attached hydrogens (tertiary/aromatic N) is 3. The fraction of sp³-hybridized carbons (Fsp3) is 0.174. The zero-order valence-electron chi connectivity index (χ0n) is 30.4. The maximum absolute atomic E-state index is 11.3. The number of aromatic nitrogens is 3. The standard InChI is InChI=1S/C46H38B3BrN3O2/c47-32-10-15-43-38(21-32)39-22-33(48)11-16-44(39)52(43)27-36(54)14-9-29-5-7-30(8-6-29)25-49-34-12-17-45-40(23-34)41-24-35(50)13-18-46(41)53(45)28-37(55)26-51-20-19-31-3-1-2-4-42(31)51/h1-8,10-13,15-24,36-37,54-55H,9,14,25-28H2. The first-order valence-electron chi connectivity index (χ1n) is 18.9. The van der Waals surface area contributed by atoms with E-state index in [2.05, 4.69) is 122 Å². The van der Waals surface area contributed by atoms with Crippen LogP contribution in [0.25, 0.3) is 54.5 Å². The molecule has 0 fully saturated rings. The maximum Gasteiger partial charge on any atom is 0.156 e. The summed E-state index contributed by atoms with van der Waals surface area (Å²) in [7, 11) is 14.5. The second kappa shape index (κ2) is 14.9. The molecule has 0 aliphatic carbocycles. The minimum absolute atomic E-state index is 0.492. The van der Waals surface area contributed by atoms with Gasteiger partial charge in [0.15, 0.2) is 7.28 Å². The Hall–Kier alpha value is -4.95. The number of halogens is 1. The molecule has 55 heavy (non-hydrogen) atoms. The van der Waals surface area contributed by atoms with Crippen LogP contribution in [0.15, 0.2) is 138 Å². The van der Waals surface area contributed by atoms with Gasteiger partial charge in [-0.1, -0.05) is 117 Å². The lowest BCUT2D eigenvalue weighted by Gasteiger charge is -2.16. The van der Waals surface area contributed by atoms with Gasteiger partial charge in [0.2, 0.25) is 0 Å². The monoisotopic (exact) mass is 776 g/mol. The summed E-state index contributed by atoms with van der Waals surface area (Å²) in [6.07, 6.45) is 3.24. The number of hydrogen-bond donors (Lipinski definition) is 2. The first kappa shape index (κ1) is 35.7. The van der Waals surface area contributed by atoms with Crippen molar-refractivity contribution in [2.45, 2.75) is 51.0 Å². The summed E-state index contributed by atoms with van der Waals surface area (Å²) >= 11 is 3.69. The molecule has 9 aromatic rings. The number of para-hydroxylation sites is 1. The van der Waals surface area contributed by atoms with Crippen LogP contribution in [0.4, 0.5) is 0 Å². The number of aryl methyl sites for hydroxylation is 1. The molecule has 9 heteroatoms. The molecule has 265 valence electrons. The summed E-state index contributed by atoms with van der Waals surface area (Å²) in [5.74, 6) is 0. The fourth-order valence-electron chi connectivity index (χ4n) is 8.26. The molecule has 5 radical (unpaired) electrons. The van der Waals surface area contributed by atoms with E-state index < -0.39 is 12.2 Å². The third-order valence-corrected chi connectivity index (χ3v) is 11.5. The highest BCUT2D eigenvalue weighted by atomic mass is 79.9. The number of aliphatic hydroxyl groups is 2. The summed E-state index contributed by atoms with van der Waals surface area (Å²) in [5, 5.41) is 28.1. The molecule has 3 aromatic heterocycles. The minimum Gasteiger partial charge on any atom is -0.391 e. The van der Waals surface area contributed by atoms with Crippen LogP contribution in [0, 0.1) is 0 Å². The lowest BCUT2D eigenvalue weighted by Crippen LogP contribution is -2.22. The molecule has 0 bridgehead atoms. The molecule has 2 atom stereocenters. The highest BCUT2D eigenvalue weighted by Gasteiger charge is 2.17. The van der Waals surface area contributed by atoms with Crippen molar-refractivity contribution in [1.29, 1.82) is 0 Å². The molecule has 5 nitrogen and oxygen atoms in total. The van der Waals surface area contributed by atoms with Gasteiger partial charge < -0.3 is 23.9 Å². The van der Waals surface area contributed by atoms with E-state index in [1.807, 2.05) is 48.5 Å². The Bertz CT molecular complexity index is 2780. The average Bonchev–Trinajstić information content (AvgIpc) is 3.82. The summed E-state index contributed by atoms with van der Waals surface area (Å²) in [5.41, 5.74) is 10.5. The maximum atomic E-state index is 11.3. The minimum atomic E-state index is -0.559. The van der Waals surface area contributed by atoms with Gasteiger partial charge in [-0.05, 0) is 78.6 Å².